The largest absolute Gasteiger partial charge is 0.495 e. The Kier molecular flexibility index (Phi) is 5.45. The van der Waals surface area contributed by atoms with E-state index < -0.39 is 0 Å². The van der Waals surface area contributed by atoms with Gasteiger partial charge >= 0.3 is 0 Å². The van der Waals surface area contributed by atoms with E-state index in [2.05, 4.69) is 15.5 Å². The van der Waals surface area contributed by atoms with Crippen LogP contribution >= 0.6 is 11.6 Å². The number of carbonyl (C=O) groups excluding carboxylic acids is 1. The fourth-order valence-electron chi connectivity index (χ4n) is 2.40. The number of hydrogen-bond donors (Lipinski definition) is 2. The molecule has 0 saturated carbocycles. The number of amides is 1. The van der Waals surface area contributed by atoms with Crippen LogP contribution in [0.1, 0.15) is 12.5 Å². The van der Waals surface area contributed by atoms with Gasteiger partial charge in [-0.15, -0.1) is 0 Å². The first-order chi connectivity index (χ1) is 10.0. The zero-order valence-corrected chi connectivity index (χ0v) is 13.5. The molecule has 2 N–H and O–H groups in total. The highest BCUT2D eigenvalue weighted by Crippen LogP contribution is 2.31. The van der Waals surface area contributed by atoms with Gasteiger partial charge in [0, 0.05) is 37.3 Å². The molecule has 21 heavy (non-hydrogen) atoms. The average Bonchev–Trinajstić information content (AvgIpc) is 2.50. The second-order valence-electron chi connectivity index (χ2n) is 5.25. The maximum absolute atomic E-state index is 12.4. The molecule has 6 heteroatoms. The SMILES string of the molecule is COc1cc(Cl)c(C)cc1NC(=O)C(C)N1CCNCC1. The molecule has 0 aromatic heterocycles. The van der Waals surface area contributed by atoms with Gasteiger partial charge in [-0.2, -0.15) is 0 Å². The molecule has 0 bridgehead atoms. The molecule has 1 saturated heterocycles. The third-order valence-electron chi connectivity index (χ3n) is 3.82. The number of rotatable bonds is 4. The number of ether oxygens (including phenoxy) is 1. The molecule has 1 aromatic rings. The van der Waals surface area contributed by atoms with E-state index in [1.165, 1.54) is 0 Å². The predicted octanol–water partition coefficient (Wildman–Crippen LogP) is 1.89. The topological polar surface area (TPSA) is 53.6 Å². The molecule has 1 aromatic carbocycles. The summed E-state index contributed by atoms with van der Waals surface area (Å²) in [5, 5.41) is 6.85. The number of benzene rings is 1. The van der Waals surface area contributed by atoms with Gasteiger partial charge in [0.2, 0.25) is 5.91 Å². The Morgan fingerprint density at radius 3 is 2.71 bits per heavy atom. The Bertz CT molecular complexity index is 516. The van der Waals surface area contributed by atoms with Crippen LogP contribution in [0.2, 0.25) is 5.02 Å². The van der Waals surface area contributed by atoms with Gasteiger partial charge in [0.05, 0.1) is 18.8 Å². The summed E-state index contributed by atoms with van der Waals surface area (Å²) in [6.07, 6.45) is 0. The van der Waals surface area contributed by atoms with Crippen molar-refractivity contribution < 1.29 is 9.53 Å². The standard InChI is InChI=1S/C15H22ClN3O2/c1-10-8-13(14(21-3)9-12(10)16)18-15(20)11(2)19-6-4-17-5-7-19/h8-9,11,17H,4-7H2,1-3H3,(H,18,20). The fraction of sp³-hybridized carbons (Fsp3) is 0.533. The fourth-order valence-corrected chi connectivity index (χ4v) is 2.56. The third kappa shape index (κ3) is 3.87. The summed E-state index contributed by atoms with van der Waals surface area (Å²) in [4.78, 5) is 14.6. The van der Waals surface area contributed by atoms with Crippen molar-refractivity contribution in [1.82, 2.24) is 10.2 Å². The molecule has 1 unspecified atom stereocenters. The van der Waals surface area contributed by atoms with Crippen molar-refractivity contribution in [3.63, 3.8) is 0 Å². The highest BCUT2D eigenvalue weighted by atomic mass is 35.5. The highest BCUT2D eigenvalue weighted by Gasteiger charge is 2.23. The number of nitrogens with zero attached hydrogens (tertiary/aromatic N) is 1. The van der Waals surface area contributed by atoms with Gasteiger partial charge in [0.15, 0.2) is 0 Å². The Morgan fingerprint density at radius 1 is 1.43 bits per heavy atom. The number of aryl methyl sites for hydroxylation is 1. The number of carbonyl (C=O) groups is 1. The quantitative estimate of drug-likeness (QED) is 0.891. The molecular formula is C15H22ClN3O2. The lowest BCUT2D eigenvalue weighted by atomic mass is 10.1. The Labute approximate surface area is 130 Å². The Hall–Kier alpha value is -1.30. The molecule has 0 aliphatic carbocycles. The van der Waals surface area contributed by atoms with E-state index in [1.807, 2.05) is 19.9 Å². The van der Waals surface area contributed by atoms with Gasteiger partial charge in [-0.05, 0) is 25.5 Å². The van der Waals surface area contributed by atoms with E-state index in [1.54, 1.807) is 13.2 Å². The molecule has 0 spiro atoms. The normalized spacial score (nSPS) is 17.3. The van der Waals surface area contributed by atoms with Gasteiger partial charge in [0.25, 0.3) is 0 Å². The number of nitrogens with one attached hydrogen (secondary N) is 2. The maximum atomic E-state index is 12.4. The lowest BCUT2D eigenvalue weighted by Crippen LogP contribution is -2.51. The average molecular weight is 312 g/mol. The van der Waals surface area contributed by atoms with Crippen LogP contribution in [0.15, 0.2) is 12.1 Å². The van der Waals surface area contributed by atoms with Gasteiger partial charge in [-0.25, -0.2) is 0 Å². The first kappa shape index (κ1) is 16.1. The first-order valence-corrected chi connectivity index (χ1v) is 7.50. The van der Waals surface area contributed by atoms with Crippen molar-refractivity contribution in [2.24, 2.45) is 0 Å². The van der Waals surface area contributed by atoms with Crippen LogP contribution in [0.5, 0.6) is 5.75 Å². The second kappa shape index (κ2) is 7.11. The van der Waals surface area contributed by atoms with E-state index >= 15 is 0 Å². The predicted molar refractivity (Wildman–Crippen MR) is 85.3 cm³/mol. The van der Waals surface area contributed by atoms with E-state index in [4.69, 9.17) is 16.3 Å². The van der Waals surface area contributed by atoms with Crippen LogP contribution in [0.4, 0.5) is 5.69 Å². The number of halogens is 1. The van der Waals surface area contributed by atoms with Crippen molar-refractivity contribution in [3.05, 3.63) is 22.7 Å². The zero-order chi connectivity index (χ0) is 15.4. The summed E-state index contributed by atoms with van der Waals surface area (Å²) < 4.78 is 5.28. The van der Waals surface area contributed by atoms with Gasteiger partial charge in [-0.3, -0.25) is 9.69 Å². The van der Waals surface area contributed by atoms with Crippen LogP contribution in [-0.2, 0) is 4.79 Å². The molecule has 1 aliphatic heterocycles. The van der Waals surface area contributed by atoms with Gasteiger partial charge in [0.1, 0.15) is 5.75 Å². The van der Waals surface area contributed by atoms with E-state index in [0.717, 1.165) is 31.7 Å². The minimum Gasteiger partial charge on any atom is -0.495 e. The molecule has 2 rings (SSSR count). The van der Waals surface area contributed by atoms with E-state index in [9.17, 15) is 4.79 Å². The molecule has 1 fully saturated rings. The molecule has 5 nitrogen and oxygen atoms in total. The summed E-state index contributed by atoms with van der Waals surface area (Å²) in [7, 11) is 1.57. The number of hydrogen-bond acceptors (Lipinski definition) is 4. The molecule has 0 radical (unpaired) electrons. The summed E-state index contributed by atoms with van der Waals surface area (Å²) in [6.45, 7) is 7.42. The van der Waals surface area contributed by atoms with Crippen LogP contribution < -0.4 is 15.4 Å². The van der Waals surface area contributed by atoms with Crippen molar-refractivity contribution in [2.75, 3.05) is 38.6 Å². The maximum Gasteiger partial charge on any atom is 0.241 e. The summed E-state index contributed by atoms with van der Waals surface area (Å²) in [5.74, 6) is 0.545. The van der Waals surface area contributed by atoms with Crippen molar-refractivity contribution in [3.8, 4) is 5.75 Å². The number of anilines is 1. The van der Waals surface area contributed by atoms with Crippen molar-refractivity contribution in [2.45, 2.75) is 19.9 Å². The summed E-state index contributed by atoms with van der Waals surface area (Å²) in [6, 6.07) is 3.39. The highest BCUT2D eigenvalue weighted by molar-refractivity contribution is 6.31. The van der Waals surface area contributed by atoms with Crippen LogP contribution in [0.3, 0.4) is 0 Å². The van der Waals surface area contributed by atoms with Gasteiger partial charge < -0.3 is 15.4 Å². The van der Waals surface area contributed by atoms with E-state index in [0.29, 0.717) is 16.5 Å². The van der Waals surface area contributed by atoms with Crippen LogP contribution in [-0.4, -0.2) is 50.1 Å². The summed E-state index contributed by atoms with van der Waals surface area (Å²) in [5.41, 5.74) is 1.56. The zero-order valence-electron chi connectivity index (χ0n) is 12.7. The molecular weight excluding hydrogens is 290 g/mol. The van der Waals surface area contributed by atoms with Crippen LogP contribution in [0, 0.1) is 6.92 Å². The lowest BCUT2D eigenvalue weighted by Gasteiger charge is -2.32. The Morgan fingerprint density at radius 2 is 2.10 bits per heavy atom. The minimum atomic E-state index is -0.173. The number of methoxy groups -OCH3 is 1. The monoisotopic (exact) mass is 311 g/mol. The molecule has 1 aliphatic rings. The summed E-state index contributed by atoms with van der Waals surface area (Å²) >= 11 is 6.08. The Balaban J connectivity index is 2.09. The van der Waals surface area contributed by atoms with Crippen molar-refractivity contribution in [1.29, 1.82) is 0 Å². The first-order valence-electron chi connectivity index (χ1n) is 7.12. The third-order valence-corrected chi connectivity index (χ3v) is 4.22. The van der Waals surface area contributed by atoms with E-state index in [-0.39, 0.29) is 11.9 Å². The molecule has 116 valence electrons. The van der Waals surface area contributed by atoms with Gasteiger partial charge in [-0.1, -0.05) is 11.6 Å². The second-order valence-corrected chi connectivity index (χ2v) is 5.66. The van der Waals surface area contributed by atoms with Crippen LogP contribution in [0.25, 0.3) is 0 Å². The molecule has 1 atom stereocenters. The van der Waals surface area contributed by atoms with Crippen molar-refractivity contribution >= 4 is 23.2 Å². The number of piperazine rings is 1. The smallest absolute Gasteiger partial charge is 0.241 e. The minimum absolute atomic E-state index is 0.0306. The lowest BCUT2D eigenvalue weighted by molar-refractivity contribution is -0.121. The molecule has 1 amide bonds. The molecule has 1 heterocycles.